The minimum atomic E-state index is -3.87. The van der Waals surface area contributed by atoms with Gasteiger partial charge in [0, 0.05) is 57.1 Å². The summed E-state index contributed by atoms with van der Waals surface area (Å²) in [7, 11) is -2.01. The molecule has 3 saturated heterocycles. The van der Waals surface area contributed by atoms with Crippen molar-refractivity contribution < 1.29 is 36.3 Å². The molecule has 7 rings (SSSR count). The molecule has 19 heteroatoms. The maximum absolute atomic E-state index is 13.6. The molecule has 16 nitrogen and oxygen atoms in total. The third-order valence-corrected chi connectivity index (χ3v) is 12.3. The molecule has 0 bridgehead atoms. The fourth-order valence-corrected chi connectivity index (χ4v) is 8.92. The van der Waals surface area contributed by atoms with Gasteiger partial charge in [0.25, 0.3) is 0 Å². The topological polar surface area (TPSA) is 188 Å². The summed E-state index contributed by atoms with van der Waals surface area (Å²) >= 11 is 0. The summed E-state index contributed by atoms with van der Waals surface area (Å²) in [5, 5.41) is 20.6. The number of carbonyl (C=O) groups excluding carboxylic acids is 2. The van der Waals surface area contributed by atoms with Crippen LogP contribution in [0.15, 0.2) is 53.7 Å². The van der Waals surface area contributed by atoms with E-state index in [1.54, 1.807) is 4.68 Å². The highest BCUT2D eigenvalue weighted by atomic mass is 32.2. The van der Waals surface area contributed by atoms with Gasteiger partial charge in [-0.15, -0.1) is 0 Å². The number of carbonyl (C=O) groups is 2. The van der Waals surface area contributed by atoms with Crippen LogP contribution in [0.25, 0.3) is 10.9 Å². The predicted molar refractivity (Wildman–Crippen MR) is 200 cm³/mol. The lowest BCUT2D eigenvalue weighted by Crippen LogP contribution is -2.49. The summed E-state index contributed by atoms with van der Waals surface area (Å²) in [4.78, 5) is 36.0. The minimum Gasteiger partial charge on any atom is -0.492 e. The van der Waals surface area contributed by atoms with E-state index in [9.17, 15) is 32.0 Å². The molecule has 2 aromatic carbocycles. The van der Waals surface area contributed by atoms with Crippen molar-refractivity contribution in [1.82, 2.24) is 34.3 Å². The molecule has 0 saturated carbocycles. The van der Waals surface area contributed by atoms with Gasteiger partial charge in [-0.2, -0.15) is 23.4 Å². The monoisotopic (exact) mass is 792 g/mol. The number of halogens is 2. The predicted octanol–water partition coefficient (Wildman–Crippen LogP) is 4.20. The maximum Gasteiger partial charge on any atom is 0.387 e. The number of benzene rings is 2. The summed E-state index contributed by atoms with van der Waals surface area (Å²) in [6.07, 6.45) is 6.10. The lowest BCUT2D eigenvalue weighted by molar-refractivity contribution is -0.120. The highest BCUT2D eigenvalue weighted by Gasteiger charge is 2.31. The Morgan fingerprint density at radius 3 is 2.46 bits per heavy atom. The highest BCUT2D eigenvalue weighted by Crippen LogP contribution is 2.34. The van der Waals surface area contributed by atoms with E-state index in [4.69, 9.17) is 4.74 Å². The quantitative estimate of drug-likeness (QED) is 0.184. The largest absolute Gasteiger partial charge is 0.492 e. The first kappa shape index (κ1) is 38.8. The number of hydrogen-bond donors (Lipinski definition) is 2. The number of fused-ring (bicyclic) bond motifs is 1. The number of piperidine rings is 2. The molecular formula is C37H42F2N10O6S. The molecule has 2 aromatic heterocycles. The van der Waals surface area contributed by atoms with Gasteiger partial charge in [-0.1, -0.05) is 6.07 Å². The van der Waals surface area contributed by atoms with Crippen molar-refractivity contribution in [3.63, 3.8) is 0 Å². The molecule has 56 heavy (non-hydrogen) atoms. The lowest BCUT2D eigenvalue weighted by atomic mass is 9.89. The summed E-state index contributed by atoms with van der Waals surface area (Å²) in [5.41, 5.74) is 2.40. The Balaban J connectivity index is 0.877. The molecule has 0 atom stereocenters. The van der Waals surface area contributed by atoms with Crippen LogP contribution in [0.3, 0.4) is 0 Å². The molecule has 3 aliphatic heterocycles. The van der Waals surface area contributed by atoms with Gasteiger partial charge in [-0.3, -0.25) is 19.7 Å². The van der Waals surface area contributed by atoms with Gasteiger partial charge in [-0.05, 0) is 80.9 Å². The third kappa shape index (κ3) is 8.67. The summed E-state index contributed by atoms with van der Waals surface area (Å²) < 4.78 is 65.4. The number of ether oxygens (including phenoxy) is 2. The van der Waals surface area contributed by atoms with Crippen molar-refractivity contribution >= 4 is 44.6 Å². The molecule has 4 aromatic rings. The van der Waals surface area contributed by atoms with Gasteiger partial charge in [0.15, 0.2) is 11.6 Å². The number of rotatable bonds is 13. The molecule has 0 radical (unpaired) electrons. The average Bonchev–Trinajstić information content (AvgIpc) is 3.52. The van der Waals surface area contributed by atoms with Gasteiger partial charge < -0.3 is 19.7 Å². The van der Waals surface area contributed by atoms with E-state index in [1.165, 1.54) is 33.0 Å². The van der Waals surface area contributed by atoms with Crippen LogP contribution in [0.2, 0.25) is 0 Å². The lowest BCUT2D eigenvalue weighted by Gasteiger charge is -2.32. The van der Waals surface area contributed by atoms with Crippen molar-refractivity contribution in [3.05, 3.63) is 59.9 Å². The SMILES string of the molecule is Cn1nc(N2CCC(=O)NC2=O)c2ccc(C3CCN(CCCOc4cc(S(=O)(=O)N5CCC(Nc6ncc(OC(F)F)cn6)CC5)ccc4C#N)CC3)cc21. The second kappa shape index (κ2) is 16.7. The Bertz CT molecular complexity index is 2220. The molecule has 5 heterocycles. The fourth-order valence-electron chi connectivity index (χ4n) is 7.44. The van der Waals surface area contributed by atoms with Crippen LogP contribution in [0.4, 0.5) is 25.3 Å². The number of likely N-dealkylation sites (tertiary alicyclic amines) is 1. The van der Waals surface area contributed by atoms with Crippen molar-refractivity contribution in [3.8, 4) is 17.6 Å². The average molecular weight is 793 g/mol. The normalized spacial score (nSPS) is 17.9. The van der Waals surface area contributed by atoms with E-state index in [0.717, 1.165) is 55.8 Å². The van der Waals surface area contributed by atoms with Gasteiger partial charge in [-0.25, -0.2) is 23.2 Å². The summed E-state index contributed by atoms with van der Waals surface area (Å²) in [6, 6.07) is 12.1. The van der Waals surface area contributed by atoms with Gasteiger partial charge in [0.2, 0.25) is 21.9 Å². The number of sulfonamides is 1. The van der Waals surface area contributed by atoms with Gasteiger partial charge >= 0.3 is 12.6 Å². The first-order valence-corrected chi connectivity index (χ1v) is 19.9. The van der Waals surface area contributed by atoms with Crippen LogP contribution in [0.5, 0.6) is 11.5 Å². The van der Waals surface area contributed by atoms with Crippen LogP contribution in [-0.2, 0) is 21.9 Å². The van der Waals surface area contributed by atoms with Crippen LogP contribution in [0, 0.1) is 11.3 Å². The number of anilines is 2. The van der Waals surface area contributed by atoms with Gasteiger partial charge in [0.05, 0.1) is 35.0 Å². The van der Waals surface area contributed by atoms with Crippen LogP contribution >= 0.6 is 0 Å². The number of aromatic nitrogens is 4. The Labute approximate surface area is 322 Å². The number of alkyl halides is 2. The molecule has 3 fully saturated rings. The number of nitriles is 1. The third-order valence-electron chi connectivity index (χ3n) is 10.5. The number of nitrogens with zero attached hydrogens (tertiary/aromatic N) is 8. The first-order chi connectivity index (χ1) is 27.0. The van der Waals surface area contributed by atoms with Crippen LogP contribution in [0.1, 0.15) is 55.6 Å². The van der Waals surface area contributed by atoms with Crippen molar-refractivity contribution in [1.29, 1.82) is 5.26 Å². The first-order valence-electron chi connectivity index (χ1n) is 18.5. The fraction of sp³-hybridized carbons (Fsp3) is 0.459. The molecule has 2 N–H and O–H groups in total. The summed E-state index contributed by atoms with van der Waals surface area (Å²) in [6.45, 7) is 0.702. The molecule has 0 spiro atoms. The van der Waals surface area contributed by atoms with Crippen molar-refractivity contribution in [2.45, 2.75) is 62.0 Å². The van der Waals surface area contributed by atoms with E-state index in [-0.39, 0.29) is 59.4 Å². The molecule has 0 unspecified atom stereocenters. The molecule has 3 amide bonds. The van der Waals surface area contributed by atoms with E-state index in [0.29, 0.717) is 44.1 Å². The zero-order valence-corrected chi connectivity index (χ0v) is 31.6. The molecule has 296 valence electrons. The Kier molecular flexibility index (Phi) is 11.6. The van der Waals surface area contributed by atoms with E-state index >= 15 is 0 Å². The molecule has 3 aliphatic rings. The Morgan fingerprint density at radius 1 is 1.02 bits per heavy atom. The standard InChI is InChI=1S/C37H42F2N10O6S/c1-46-31-19-25(4-6-30(31)34(45-46)49-17-11-33(50)44-37(49)51)24-7-13-47(14-8-24)12-2-18-54-32-20-29(5-3-26(32)21-40)56(52,53)48-15-9-27(10-16-48)43-36-41-22-28(23-42-36)55-35(38)39/h3-6,19-20,22-24,27,35H,2,7-18H2,1H3,(H,41,42,43)(H,44,50,51). The van der Waals surface area contributed by atoms with E-state index < -0.39 is 22.7 Å². The minimum absolute atomic E-state index is 0.0481. The number of urea groups is 1. The van der Waals surface area contributed by atoms with Gasteiger partial charge in [0.1, 0.15) is 11.8 Å². The van der Waals surface area contributed by atoms with Crippen LogP contribution in [-0.4, -0.2) is 108 Å². The zero-order chi connectivity index (χ0) is 39.4. The van der Waals surface area contributed by atoms with Crippen molar-refractivity contribution in [2.75, 3.05) is 56.1 Å². The molecular weight excluding hydrogens is 751 g/mol. The van der Waals surface area contributed by atoms with E-state index in [2.05, 4.69) is 53.5 Å². The number of aryl methyl sites for hydroxylation is 1. The molecule has 0 aliphatic carbocycles. The smallest absolute Gasteiger partial charge is 0.387 e. The maximum atomic E-state index is 13.6. The number of hydrogen-bond acceptors (Lipinski definition) is 12. The Morgan fingerprint density at radius 2 is 1.77 bits per heavy atom. The number of nitrogens with one attached hydrogen (secondary N) is 2. The van der Waals surface area contributed by atoms with E-state index in [1.807, 2.05) is 13.1 Å². The van der Waals surface area contributed by atoms with Crippen molar-refractivity contribution in [2.24, 2.45) is 7.05 Å². The Hall–Kier alpha value is -5.45. The number of amides is 3. The summed E-state index contributed by atoms with van der Waals surface area (Å²) in [5.74, 6) is 0.927. The van der Waals surface area contributed by atoms with Crippen LogP contribution < -0.4 is 25.0 Å². The second-order valence-corrected chi connectivity index (χ2v) is 15.9. The second-order valence-electron chi connectivity index (χ2n) is 14.0. The highest BCUT2D eigenvalue weighted by molar-refractivity contribution is 7.89. The zero-order valence-electron chi connectivity index (χ0n) is 30.7. The number of imide groups is 1.